The van der Waals surface area contributed by atoms with E-state index in [1.54, 1.807) is 42.7 Å². The summed E-state index contributed by atoms with van der Waals surface area (Å²) in [7, 11) is 4.47. The summed E-state index contributed by atoms with van der Waals surface area (Å²) >= 11 is 0. The van der Waals surface area contributed by atoms with Gasteiger partial charge < -0.3 is 26.6 Å². The van der Waals surface area contributed by atoms with Gasteiger partial charge in [-0.05, 0) is 32.1 Å². The standard InChI is InChI=1S/C18H40O7Si2/c1-9-12-17(19)18(2,13-10-15-26(20-3,21-4)22-5)14-11-16-27(23-6,24-7)25-8/h9-16H2,1-8H3. The molecule has 0 saturated carbocycles. The summed E-state index contributed by atoms with van der Waals surface area (Å²) in [6, 6.07) is 1.39. The maximum Gasteiger partial charge on any atom is 0.500 e. The Morgan fingerprint density at radius 1 is 0.741 bits per heavy atom. The van der Waals surface area contributed by atoms with Crippen molar-refractivity contribution in [2.45, 2.75) is 64.5 Å². The van der Waals surface area contributed by atoms with Crippen LogP contribution < -0.4 is 0 Å². The third-order valence-corrected chi connectivity index (χ3v) is 11.1. The highest BCUT2D eigenvalue weighted by Crippen LogP contribution is 2.35. The maximum atomic E-state index is 12.8. The topological polar surface area (TPSA) is 72.5 Å². The number of hydrogen-bond donors (Lipinski definition) is 0. The van der Waals surface area contributed by atoms with Crippen LogP contribution >= 0.6 is 0 Å². The average molecular weight is 425 g/mol. The van der Waals surface area contributed by atoms with Crippen LogP contribution in [0, 0.1) is 5.41 Å². The van der Waals surface area contributed by atoms with Gasteiger partial charge in [-0.2, -0.15) is 0 Å². The summed E-state index contributed by atoms with van der Waals surface area (Å²) in [6.45, 7) is 4.10. The van der Waals surface area contributed by atoms with Crippen molar-refractivity contribution in [2.24, 2.45) is 5.41 Å². The molecular formula is C18H40O7Si2. The van der Waals surface area contributed by atoms with E-state index >= 15 is 0 Å². The molecule has 0 radical (unpaired) electrons. The summed E-state index contributed by atoms with van der Waals surface area (Å²) in [5.74, 6) is 0.309. The first-order chi connectivity index (χ1) is 12.8. The Kier molecular flexibility index (Phi) is 13.1. The number of ketones is 1. The predicted molar refractivity (Wildman–Crippen MR) is 110 cm³/mol. The first-order valence-electron chi connectivity index (χ1n) is 9.60. The molecule has 0 aromatic carbocycles. The zero-order valence-electron chi connectivity index (χ0n) is 18.5. The smallest absolute Gasteiger partial charge is 0.377 e. The van der Waals surface area contributed by atoms with Crippen LogP contribution in [0.4, 0.5) is 0 Å². The van der Waals surface area contributed by atoms with Crippen molar-refractivity contribution in [3.63, 3.8) is 0 Å². The average Bonchev–Trinajstić information content (AvgIpc) is 2.69. The summed E-state index contributed by atoms with van der Waals surface area (Å²) < 4.78 is 33.0. The lowest BCUT2D eigenvalue weighted by atomic mass is 9.76. The van der Waals surface area contributed by atoms with Crippen LogP contribution in [-0.4, -0.2) is 66.1 Å². The second kappa shape index (κ2) is 13.2. The van der Waals surface area contributed by atoms with Gasteiger partial charge in [0.25, 0.3) is 0 Å². The molecule has 0 saturated heterocycles. The monoisotopic (exact) mass is 424 g/mol. The molecule has 0 aliphatic rings. The van der Waals surface area contributed by atoms with E-state index in [0.29, 0.717) is 24.3 Å². The molecule has 7 nitrogen and oxygen atoms in total. The fourth-order valence-electron chi connectivity index (χ4n) is 3.44. The maximum absolute atomic E-state index is 12.8. The Morgan fingerprint density at radius 3 is 1.33 bits per heavy atom. The fraction of sp³-hybridized carbons (Fsp3) is 0.944. The molecule has 0 aliphatic carbocycles. The third-order valence-electron chi connectivity index (χ3n) is 5.44. The fourth-order valence-corrected chi connectivity index (χ4v) is 6.88. The van der Waals surface area contributed by atoms with Gasteiger partial charge in [0.05, 0.1) is 0 Å². The zero-order chi connectivity index (χ0) is 21.0. The highest BCUT2D eigenvalue weighted by molar-refractivity contribution is 6.60. The molecule has 0 unspecified atom stereocenters. The Labute approximate surface area is 167 Å². The molecule has 0 atom stereocenters. The van der Waals surface area contributed by atoms with Crippen LogP contribution in [0.3, 0.4) is 0 Å². The van der Waals surface area contributed by atoms with E-state index in [0.717, 1.165) is 32.1 Å². The minimum Gasteiger partial charge on any atom is -0.377 e. The molecule has 0 fully saturated rings. The van der Waals surface area contributed by atoms with Gasteiger partial charge >= 0.3 is 17.6 Å². The Hall–Kier alpha value is -0.136. The van der Waals surface area contributed by atoms with Crippen LogP contribution in [0.1, 0.15) is 52.4 Å². The van der Waals surface area contributed by atoms with Gasteiger partial charge in [0.2, 0.25) is 0 Å². The third kappa shape index (κ3) is 8.02. The zero-order valence-corrected chi connectivity index (χ0v) is 20.5. The van der Waals surface area contributed by atoms with Crippen molar-refractivity contribution >= 4 is 23.4 Å². The molecule has 0 rings (SSSR count). The van der Waals surface area contributed by atoms with Crippen molar-refractivity contribution in [3.05, 3.63) is 0 Å². The van der Waals surface area contributed by atoms with Gasteiger partial charge in [0.1, 0.15) is 5.78 Å². The number of rotatable bonds is 17. The van der Waals surface area contributed by atoms with Crippen LogP contribution in [0.5, 0.6) is 0 Å². The van der Waals surface area contributed by atoms with Gasteiger partial charge in [-0.3, -0.25) is 4.79 Å². The Bertz CT molecular complexity index is 370. The molecule has 0 heterocycles. The van der Waals surface area contributed by atoms with E-state index < -0.39 is 17.6 Å². The molecule has 0 aliphatic heterocycles. The SMILES string of the molecule is CCCC(=O)C(C)(CCC[Si](OC)(OC)OC)CCC[Si](OC)(OC)OC. The summed E-state index contributed by atoms with van der Waals surface area (Å²) in [6.07, 6.45) is 4.63. The van der Waals surface area contributed by atoms with Crippen LogP contribution in [0.15, 0.2) is 0 Å². The normalized spacial score (nSPS) is 13.2. The summed E-state index contributed by atoms with van der Waals surface area (Å²) in [5, 5.41) is 0. The van der Waals surface area contributed by atoms with Crippen LogP contribution in [0.25, 0.3) is 0 Å². The molecule has 0 amide bonds. The van der Waals surface area contributed by atoms with Crippen molar-refractivity contribution in [2.75, 3.05) is 42.7 Å². The minimum atomic E-state index is -2.61. The molecule has 0 N–H and O–H groups in total. The molecule has 0 spiro atoms. The second-order valence-electron chi connectivity index (χ2n) is 7.03. The summed E-state index contributed by atoms with van der Waals surface area (Å²) in [5.41, 5.74) is -0.388. The Balaban J connectivity index is 4.98. The lowest BCUT2D eigenvalue weighted by Crippen LogP contribution is -2.43. The number of Topliss-reactive ketones (excluding diaryl/α,β-unsaturated/α-hetero) is 1. The molecule has 0 aromatic heterocycles. The molecule has 27 heavy (non-hydrogen) atoms. The lowest BCUT2D eigenvalue weighted by molar-refractivity contribution is -0.128. The van der Waals surface area contributed by atoms with E-state index in [9.17, 15) is 4.79 Å². The van der Waals surface area contributed by atoms with E-state index in [1.807, 2.05) is 6.92 Å². The van der Waals surface area contributed by atoms with Gasteiger partial charge in [-0.15, -0.1) is 0 Å². The van der Waals surface area contributed by atoms with Gasteiger partial charge in [-0.1, -0.05) is 13.8 Å². The quantitative estimate of drug-likeness (QED) is 0.330. The van der Waals surface area contributed by atoms with E-state index in [2.05, 4.69) is 6.92 Å². The van der Waals surface area contributed by atoms with Gasteiger partial charge in [0.15, 0.2) is 0 Å². The molecule has 162 valence electrons. The molecule has 0 aromatic rings. The van der Waals surface area contributed by atoms with Gasteiger partial charge in [0, 0.05) is 66.6 Å². The van der Waals surface area contributed by atoms with E-state index in [1.165, 1.54) is 0 Å². The second-order valence-corrected chi connectivity index (χ2v) is 13.2. The first kappa shape index (κ1) is 26.9. The van der Waals surface area contributed by atoms with E-state index in [-0.39, 0.29) is 5.41 Å². The van der Waals surface area contributed by atoms with Crippen LogP contribution in [-0.2, 0) is 31.4 Å². The van der Waals surface area contributed by atoms with Crippen molar-refractivity contribution in [3.8, 4) is 0 Å². The highest BCUT2D eigenvalue weighted by atomic mass is 28.4. The number of hydrogen-bond acceptors (Lipinski definition) is 7. The van der Waals surface area contributed by atoms with Crippen molar-refractivity contribution < 1.29 is 31.4 Å². The number of carbonyl (C=O) groups is 1. The number of carbonyl (C=O) groups excluding carboxylic acids is 1. The molecular weight excluding hydrogens is 384 g/mol. The van der Waals surface area contributed by atoms with Crippen molar-refractivity contribution in [1.29, 1.82) is 0 Å². The predicted octanol–water partition coefficient (Wildman–Crippen LogP) is 3.68. The van der Waals surface area contributed by atoms with Gasteiger partial charge in [-0.25, -0.2) is 0 Å². The van der Waals surface area contributed by atoms with Crippen molar-refractivity contribution in [1.82, 2.24) is 0 Å². The lowest BCUT2D eigenvalue weighted by Gasteiger charge is -2.31. The minimum absolute atomic E-state index is 0.309. The first-order valence-corrected chi connectivity index (χ1v) is 13.5. The highest BCUT2D eigenvalue weighted by Gasteiger charge is 2.41. The molecule has 0 bridgehead atoms. The Morgan fingerprint density at radius 2 is 1.07 bits per heavy atom. The summed E-state index contributed by atoms with van der Waals surface area (Å²) in [4.78, 5) is 12.8. The molecule has 9 heteroatoms. The van der Waals surface area contributed by atoms with E-state index in [4.69, 9.17) is 26.6 Å². The largest absolute Gasteiger partial charge is 0.500 e. The van der Waals surface area contributed by atoms with Crippen LogP contribution in [0.2, 0.25) is 12.1 Å².